The quantitative estimate of drug-likeness (QED) is 0.0971. The maximum absolute atomic E-state index is 14.2. The Kier molecular flexibility index (Phi) is 10.7. The lowest BCUT2D eigenvalue weighted by molar-refractivity contribution is -0.189. The van der Waals surface area contributed by atoms with Gasteiger partial charge in [-0.2, -0.15) is 0 Å². The van der Waals surface area contributed by atoms with Gasteiger partial charge in [0.15, 0.2) is 0 Å². The van der Waals surface area contributed by atoms with Crippen LogP contribution in [0, 0.1) is 0 Å². The Labute approximate surface area is 300 Å². The second-order valence-corrected chi connectivity index (χ2v) is 13.5. The van der Waals surface area contributed by atoms with Gasteiger partial charge in [-0.15, -0.1) is 0 Å². The van der Waals surface area contributed by atoms with Crippen LogP contribution >= 0.6 is 0 Å². The minimum Gasteiger partial charge on any atom is -0.480 e. The highest BCUT2D eigenvalue weighted by Gasteiger charge is 2.50. The molecule has 1 amide bonds. The van der Waals surface area contributed by atoms with Crippen LogP contribution in [0.15, 0.2) is 34.1 Å². The molecule has 0 saturated heterocycles. The number of carboxylic acid groups (broad SMARTS) is 1. The van der Waals surface area contributed by atoms with Crippen molar-refractivity contribution in [3.63, 3.8) is 0 Å². The predicted molar refractivity (Wildman–Crippen MR) is 193 cm³/mol. The number of benzene rings is 1. The molecule has 0 unspecified atom stereocenters. The lowest BCUT2D eigenvalue weighted by Gasteiger charge is -2.35. The number of nitrogens with two attached hydrogens (primary N) is 2. The SMILES string of the molecule is CCCCCN1C=Nc2cccc3nc4c(c1c23)Cn1c-4cc2c(c1=O)COC(=O)[C@@]2(CC)OC(=O)CC[C@H](NC(=O)[C@@H](N)CCCCN)C(=O)O. The van der Waals surface area contributed by atoms with Gasteiger partial charge in [0.1, 0.15) is 12.6 Å². The molecular formula is C37H45N7O8. The number of unbranched alkanes of at least 4 members (excludes halogenated alkanes) is 3. The van der Waals surface area contributed by atoms with Gasteiger partial charge in [0.2, 0.25) is 11.5 Å². The fourth-order valence-electron chi connectivity index (χ4n) is 7.24. The number of carbonyl (C=O) groups excluding carboxylic acids is 3. The first kappa shape index (κ1) is 36.6. The molecule has 0 saturated carbocycles. The van der Waals surface area contributed by atoms with E-state index < -0.39 is 47.9 Å². The first-order valence-electron chi connectivity index (χ1n) is 18.0. The first-order valence-corrected chi connectivity index (χ1v) is 18.0. The number of fused-ring (bicyclic) bond motifs is 5. The predicted octanol–water partition coefficient (Wildman–Crippen LogP) is 3.11. The van der Waals surface area contributed by atoms with Crippen LogP contribution in [0.5, 0.6) is 0 Å². The molecule has 3 aromatic rings. The van der Waals surface area contributed by atoms with Gasteiger partial charge in [-0.05, 0) is 56.8 Å². The fraction of sp³-hybridized carbons (Fsp3) is 0.486. The Morgan fingerprint density at radius 1 is 1.12 bits per heavy atom. The van der Waals surface area contributed by atoms with Crippen LogP contribution < -0.4 is 27.2 Å². The topological polar surface area (TPSA) is 222 Å². The number of ether oxygens (including phenoxy) is 2. The second-order valence-electron chi connectivity index (χ2n) is 13.5. The molecule has 2 aromatic heterocycles. The molecule has 0 fully saturated rings. The average molecular weight is 716 g/mol. The van der Waals surface area contributed by atoms with E-state index in [1.807, 2.05) is 24.5 Å². The molecule has 0 spiro atoms. The van der Waals surface area contributed by atoms with Gasteiger partial charge in [-0.25, -0.2) is 19.6 Å². The molecule has 5 heterocycles. The number of rotatable bonds is 16. The number of carboxylic acids is 1. The summed E-state index contributed by atoms with van der Waals surface area (Å²) in [5.74, 6) is -3.75. The molecular weight excluding hydrogens is 670 g/mol. The molecule has 3 aliphatic heterocycles. The summed E-state index contributed by atoms with van der Waals surface area (Å²) in [6.07, 6.45) is 5.66. The van der Waals surface area contributed by atoms with Gasteiger partial charge in [0.25, 0.3) is 5.56 Å². The van der Waals surface area contributed by atoms with Gasteiger partial charge in [-0.1, -0.05) is 39.2 Å². The molecule has 0 radical (unpaired) electrons. The zero-order valence-electron chi connectivity index (χ0n) is 29.5. The second kappa shape index (κ2) is 15.2. The number of carbonyl (C=O) groups is 4. The third-order valence-corrected chi connectivity index (χ3v) is 10.1. The summed E-state index contributed by atoms with van der Waals surface area (Å²) in [6.45, 7) is 4.91. The van der Waals surface area contributed by atoms with Crippen molar-refractivity contribution in [1.29, 1.82) is 0 Å². The highest BCUT2D eigenvalue weighted by Crippen LogP contribution is 2.47. The Bertz CT molecular complexity index is 2010. The number of aliphatic carboxylic acids is 1. The number of hydrogen-bond donors (Lipinski definition) is 4. The highest BCUT2D eigenvalue weighted by atomic mass is 16.6. The van der Waals surface area contributed by atoms with Crippen LogP contribution in [0.1, 0.15) is 88.3 Å². The van der Waals surface area contributed by atoms with E-state index in [1.54, 1.807) is 17.6 Å². The van der Waals surface area contributed by atoms with E-state index in [0.29, 0.717) is 42.7 Å². The molecule has 3 aliphatic rings. The third kappa shape index (κ3) is 6.65. The van der Waals surface area contributed by atoms with Crippen LogP contribution in [-0.2, 0) is 47.4 Å². The van der Waals surface area contributed by atoms with Crippen molar-refractivity contribution in [3.05, 3.63) is 51.3 Å². The van der Waals surface area contributed by atoms with Crippen molar-refractivity contribution in [2.75, 3.05) is 18.0 Å². The van der Waals surface area contributed by atoms with Crippen LogP contribution in [-0.4, -0.2) is 70.0 Å². The van der Waals surface area contributed by atoms with Crippen molar-refractivity contribution in [2.24, 2.45) is 16.5 Å². The number of anilines is 1. The van der Waals surface area contributed by atoms with Crippen LogP contribution in [0.4, 0.5) is 11.4 Å². The van der Waals surface area contributed by atoms with E-state index >= 15 is 0 Å². The number of aliphatic imine (C=N–C) groups is 1. The Morgan fingerprint density at radius 3 is 2.65 bits per heavy atom. The molecule has 15 heteroatoms. The van der Waals surface area contributed by atoms with E-state index in [9.17, 15) is 29.1 Å². The van der Waals surface area contributed by atoms with Crippen molar-refractivity contribution in [1.82, 2.24) is 14.9 Å². The largest absolute Gasteiger partial charge is 0.480 e. The van der Waals surface area contributed by atoms with Gasteiger partial charge in [-0.3, -0.25) is 14.4 Å². The molecule has 52 heavy (non-hydrogen) atoms. The summed E-state index contributed by atoms with van der Waals surface area (Å²) in [5.41, 5.74) is 13.8. The summed E-state index contributed by atoms with van der Waals surface area (Å²) < 4.78 is 13.0. The number of aromatic nitrogens is 2. The maximum atomic E-state index is 14.2. The van der Waals surface area contributed by atoms with Crippen molar-refractivity contribution in [2.45, 2.75) is 102 Å². The van der Waals surface area contributed by atoms with E-state index in [4.69, 9.17) is 30.9 Å². The molecule has 3 atom stereocenters. The number of pyridine rings is 2. The van der Waals surface area contributed by atoms with Crippen LogP contribution in [0.2, 0.25) is 0 Å². The first-order chi connectivity index (χ1) is 25.0. The Morgan fingerprint density at radius 2 is 1.92 bits per heavy atom. The zero-order valence-corrected chi connectivity index (χ0v) is 29.5. The van der Waals surface area contributed by atoms with Crippen molar-refractivity contribution < 1.29 is 33.8 Å². The van der Waals surface area contributed by atoms with E-state index in [2.05, 4.69) is 17.1 Å². The summed E-state index contributed by atoms with van der Waals surface area (Å²) in [5, 5.41) is 13.1. The molecule has 6 rings (SSSR count). The van der Waals surface area contributed by atoms with Crippen LogP contribution in [0.3, 0.4) is 0 Å². The zero-order chi connectivity index (χ0) is 37.2. The molecule has 6 N–H and O–H groups in total. The maximum Gasteiger partial charge on any atom is 0.355 e. The highest BCUT2D eigenvalue weighted by molar-refractivity contribution is 6.11. The normalized spacial score (nSPS) is 17.9. The third-order valence-electron chi connectivity index (χ3n) is 10.1. The van der Waals surface area contributed by atoms with Gasteiger partial charge in [0, 0.05) is 24.1 Å². The standard InChI is InChI=1S/C37H45N7O8/c1-3-5-8-16-43-20-40-25-11-9-12-26-30(25)32(43)21-18-44-28(31(21)41-26)17-23-22(34(44)47)19-51-36(50)37(23,4-2)52-29(45)14-13-27(35(48)49)42-33(46)24(39)10-6-7-15-38/h9,11-12,17,20,24,27H,3-8,10,13-16,18-19,38-39H2,1-2H3,(H,42,46)(H,48,49)/t24-,27-,37-/m0/s1. The molecule has 276 valence electrons. The number of amides is 1. The number of nitrogens with one attached hydrogen (secondary N) is 1. The summed E-state index contributed by atoms with van der Waals surface area (Å²) in [7, 11) is 0. The fourth-order valence-corrected chi connectivity index (χ4v) is 7.24. The minimum absolute atomic E-state index is 0.0570. The number of esters is 2. The van der Waals surface area contributed by atoms with E-state index in [-0.39, 0.29) is 42.7 Å². The lowest BCUT2D eigenvalue weighted by atomic mass is 9.85. The Hall–Kier alpha value is -5.15. The van der Waals surface area contributed by atoms with Gasteiger partial charge in [0.05, 0.1) is 58.2 Å². The van der Waals surface area contributed by atoms with Crippen molar-refractivity contribution in [3.8, 4) is 11.4 Å². The lowest BCUT2D eigenvalue weighted by Crippen LogP contribution is -2.49. The smallest absolute Gasteiger partial charge is 0.355 e. The number of cyclic esters (lactones) is 1. The molecule has 15 nitrogen and oxygen atoms in total. The molecule has 0 aliphatic carbocycles. The van der Waals surface area contributed by atoms with Gasteiger partial charge >= 0.3 is 17.9 Å². The molecule has 0 bridgehead atoms. The molecule has 1 aromatic carbocycles. The number of nitrogens with zero attached hydrogens (tertiary/aromatic N) is 4. The summed E-state index contributed by atoms with van der Waals surface area (Å²) in [4.78, 5) is 77.5. The monoisotopic (exact) mass is 715 g/mol. The summed E-state index contributed by atoms with van der Waals surface area (Å²) in [6, 6.07) is 5.06. The van der Waals surface area contributed by atoms with E-state index in [1.165, 1.54) is 0 Å². The van der Waals surface area contributed by atoms with E-state index in [0.717, 1.165) is 48.1 Å². The summed E-state index contributed by atoms with van der Waals surface area (Å²) >= 11 is 0. The van der Waals surface area contributed by atoms with Crippen molar-refractivity contribution >= 4 is 52.4 Å². The van der Waals surface area contributed by atoms with Gasteiger partial charge < -0.3 is 40.8 Å². The number of hydrogen-bond acceptors (Lipinski definition) is 12. The average Bonchev–Trinajstić information content (AvgIpc) is 3.50. The Balaban J connectivity index is 1.31. The minimum atomic E-state index is -1.97. The van der Waals surface area contributed by atoms with Crippen LogP contribution in [0.25, 0.3) is 22.3 Å².